The molecule has 0 aliphatic heterocycles. The minimum absolute atomic E-state index is 0.191. The summed E-state index contributed by atoms with van der Waals surface area (Å²) in [5.41, 5.74) is 0. The lowest BCUT2D eigenvalue weighted by Crippen LogP contribution is -2.09. The fraction of sp³-hybridized carbons (Fsp3) is 0.889. The normalized spacial score (nSPS) is 12.8. The van der Waals surface area contributed by atoms with Crippen LogP contribution in [0.2, 0.25) is 0 Å². The Bertz CT molecular complexity index is 136. The lowest BCUT2D eigenvalue weighted by atomic mass is 10.1. The second-order valence-electron chi connectivity index (χ2n) is 3.07. The van der Waals surface area contributed by atoms with Crippen molar-refractivity contribution in [1.82, 2.24) is 0 Å². The van der Waals surface area contributed by atoms with Crippen molar-refractivity contribution < 1.29 is 19.7 Å². The van der Waals surface area contributed by atoms with Gasteiger partial charge in [0.15, 0.2) is 0 Å². The number of ether oxygens (including phenoxy) is 1. The van der Waals surface area contributed by atoms with Crippen molar-refractivity contribution in [2.24, 2.45) is 0 Å². The zero-order valence-corrected chi connectivity index (χ0v) is 8.03. The van der Waals surface area contributed by atoms with Crippen LogP contribution in [0.15, 0.2) is 0 Å². The second kappa shape index (κ2) is 8.01. The predicted octanol–water partition coefficient (Wildman–Crippen LogP) is 1.03. The maximum Gasteiger partial charge on any atom is 0.303 e. The lowest BCUT2D eigenvalue weighted by molar-refractivity contribution is -0.137. The molecule has 4 heteroatoms. The van der Waals surface area contributed by atoms with Gasteiger partial charge in [0.1, 0.15) is 0 Å². The molecule has 0 amide bonds. The third-order valence-electron chi connectivity index (χ3n) is 1.83. The molecule has 13 heavy (non-hydrogen) atoms. The second-order valence-corrected chi connectivity index (χ2v) is 3.07. The van der Waals surface area contributed by atoms with Crippen molar-refractivity contribution in [1.29, 1.82) is 0 Å². The molecule has 0 aliphatic carbocycles. The summed E-state index contributed by atoms with van der Waals surface area (Å²) >= 11 is 0. The first-order valence-corrected chi connectivity index (χ1v) is 4.55. The fourth-order valence-electron chi connectivity index (χ4n) is 1.05. The van der Waals surface area contributed by atoms with Crippen LogP contribution >= 0.6 is 0 Å². The van der Waals surface area contributed by atoms with Crippen molar-refractivity contribution in [3.05, 3.63) is 0 Å². The van der Waals surface area contributed by atoms with Gasteiger partial charge in [-0.15, -0.1) is 0 Å². The average molecular weight is 190 g/mol. The molecule has 0 heterocycles. The molecule has 1 atom stereocenters. The summed E-state index contributed by atoms with van der Waals surface area (Å²) in [6.45, 7) is 0.556. The Balaban J connectivity index is 3.16. The minimum atomic E-state index is -0.772. The first kappa shape index (κ1) is 12.4. The van der Waals surface area contributed by atoms with Crippen LogP contribution in [0.25, 0.3) is 0 Å². The van der Waals surface area contributed by atoms with E-state index in [9.17, 15) is 9.90 Å². The zero-order chi connectivity index (χ0) is 10.1. The summed E-state index contributed by atoms with van der Waals surface area (Å²) in [6, 6.07) is 0. The zero-order valence-electron chi connectivity index (χ0n) is 8.03. The van der Waals surface area contributed by atoms with Gasteiger partial charge < -0.3 is 14.9 Å². The Morgan fingerprint density at radius 1 is 1.38 bits per heavy atom. The van der Waals surface area contributed by atoms with E-state index < -0.39 is 5.97 Å². The summed E-state index contributed by atoms with van der Waals surface area (Å²) in [4.78, 5) is 10.1. The van der Waals surface area contributed by atoms with Crippen LogP contribution in [-0.2, 0) is 9.53 Å². The number of unbranched alkanes of at least 4 members (excludes halogenated alkanes) is 1. The van der Waals surface area contributed by atoms with Crippen LogP contribution in [0.5, 0.6) is 0 Å². The first-order valence-electron chi connectivity index (χ1n) is 4.55. The van der Waals surface area contributed by atoms with Crippen LogP contribution in [-0.4, -0.2) is 36.0 Å². The molecule has 0 aromatic rings. The molecule has 0 aromatic heterocycles. The van der Waals surface area contributed by atoms with E-state index in [4.69, 9.17) is 9.84 Å². The number of aliphatic hydroxyl groups excluding tert-OH is 1. The number of carboxylic acid groups (broad SMARTS) is 1. The Labute approximate surface area is 78.5 Å². The maximum absolute atomic E-state index is 10.1. The van der Waals surface area contributed by atoms with Gasteiger partial charge in [0, 0.05) is 20.1 Å². The van der Waals surface area contributed by atoms with E-state index in [1.54, 1.807) is 7.11 Å². The van der Waals surface area contributed by atoms with E-state index in [0.29, 0.717) is 25.9 Å². The van der Waals surface area contributed by atoms with E-state index in [-0.39, 0.29) is 12.5 Å². The number of aliphatic carboxylic acids is 1. The topological polar surface area (TPSA) is 66.8 Å². The van der Waals surface area contributed by atoms with Crippen LogP contribution in [0.3, 0.4) is 0 Å². The van der Waals surface area contributed by atoms with Gasteiger partial charge >= 0.3 is 5.97 Å². The van der Waals surface area contributed by atoms with Gasteiger partial charge in [0.25, 0.3) is 0 Å². The molecule has 0 radical (unpaired) electrons. The van der Waals surface area contributed by atoms with Gasteiger partial charge in [-0.05, 0) is 19.3 Å². The SMILES string of the molecule is COCCC(O)CCCCC(=O)O. The molecule has 0 fully saturated rings. The summed E-state index contributed by atoms with van der Waals surface area (Å²) in [5.74, 6) is -0.772. The monoisotopic (exact) mass is 190 g/mol. The molecule has 0 bridgehead atoms. The fourth-order valence-corrected chi connectivity index (χ4v) is 1.05. The van der Waals surface area contributed by atoms with Crippen LogP contribution < -0.4 is 0 Å². The molecule has 0 saturated heterocycles. The van der Waals surface area contributed by atoms with Crippen LogP contribution in [0.1, 0.15) is 32.1 Å². The highest BCUT2D eigenvalue weighted by Crippen LogP contribution is 2.06. The molecule has 2 N–H and O–H groups in total. The highest BCUT2D eigenvalue weighted by atomic mass is 16.5. The van der Waals surface area contributed by atoms with Crippen molar-refractivity contribution in [3.63, 3.8) is 0 Å². The minimum Gasteiger partial charge on any atom is -0.481 e. The molecule has 0 saturated carbocycles. The van der Waals surface area contributed by atoms with Crippen molar-refractivity contribution >= 4 is 5.97 Å². The van der Waals surface area contributed by atoms with E-state index >= 15 is 0 Å². The van der Waals surface area contributed by atoms with Gasteiger partial charge in [-0.3, -0.25) is 4.79 Å². The number of hydrogen-bond donors (Lipinski definition) is 2. The van der Waals surface area contributed by atoms with E-state index in [2.05, 4.69) is 0 Å². The standard InChI is InChI=1S/C9H18O4/c1-13-7-6-8(10)4-2-3-5-9(11)12/h8,10H,2-7H2,1H3,(H,11,12). The van der Waals surface area contributed by atoms with E-state index in [1.165, 1.54) is 0 Å². The van der Waals surface area contributed by atoms with Crippen molar-refractivity contribution in [2.75, 3.05) is 13.7 Å². The van der Waals surface area contributed by atoms with Gasteiger partial charge in [-0.1, -0.05) is 6.42 Å². The molecule has 0 rings (SSSR count). The maximum atomic E-state index is 10.1. The van der Waals surface area contributed by atoms with E-state index in [1.807, 2.05) is 0 Å². The molecule has 0 aliphatic rings. The number of carboxylic acids is 1. The third kappa shape index (κ3) is 9.30. The lowest BCUT2D eigenvalue weighted by Gasteiger charge is -2.08. The number of carbonyl (C=O) groups is 1. The van der Waals surface area contributed by atoms with Gasteiger partial charge in [-0.25, -0.2) is 0 Å². The van der Waals surface area contributed by atoms with Crippen molar-refractivity contribution in [3.8, 4) is 0 Å². The molecule has 0 aromatic carbocycles. The molecular formula is C9H18O4. The molecule has 4 nitrogen and oxygen atoms in total. The van der Waals surface area contributed by atoms with Gasteiger partial charge in [0.05, 0.1) is 6.10 Å². The number of aliphatic hydroxyl groups is 1. The summed E-state index contributed by atoms with van der Waals surface area (Å²) in [5, 5.41) is 17.7. The number of hydrogen-bond acceptors (Lipinski definition) is 3. The summed E-state index contributed by atoms with van der Waals surface area (Å²) in [7, 11) is 1.59. The quantitative estimate of drug-likeness (QED) is 0.561. The van der Waals surface area contributed by atoms with Gasteiger partial charge in [0.2, 0.25) is 0 Å². The molecule has 0 spiro atoms. The molecular weight excluding hydrogens is 172 g/mol. The Morgan fingerprint density at radius 2 is 2.08 bits per heavy atom. The van der Waals surface area contributed by atoms with Crippen molar-refractivity contribution in [2.45, 2.75) is 38.2 Å². The Morgan fingerprint density at radius 3 is 2.62 bits per heavy atom. The third-order valence-corrected chi connectivity index (χ3v) is 1.83. The largest absolute Gasteiger partial charge is 0.481 e. The first-order chi connectivity index (χ1) is 6.16. The van der Waals surface area contributed by atoms with E-state index in [0.717, 1.165) is 6.42 Å². The Kier molecular flexibility index (Phi) is 7.63. The highest BCUT2D eigenvalue weighted by molar-refractivity contribution is 5.66. The molecule has 78 valence electrons. The van der Waals surface area contributed by atoms with Crippen LogP contribution in [0, 0.1) is 0 Å². The Hall–Kier alpha value is -0.610. The number of methoxy groups -OCH3 is 1. The summed E-state index contributed by atoms with van der Waals surface area (Å²) in [6.07, 6.45) is 2.53. The average Bonchev–Trinajstić information content (AvgIpc) is 2.08. The molecule has 1 unspecified atom stereocenters. The smallest absolute Gasteiger partial charge is 0.303 e. The van der Waals surface area contributed by atoms with Gasteiger partial charge in [-0.2, -0.15) is 0 Å². The number of rotatable bonds is 8. The summed E-state index contributed by atoms with van der Waals surface area (Å²) < 4.78 is 4.80. The van der Waals surface area contributed by atoms with Crippen LogP contribution in [0.4, 0.5) is 0 Å². The highest BCUT2D eigenvalue weighted by Gasteiger charge is 2.04. The predicted molar refractivity (Wildman–Crippen MR) is 48.6 cm³/mol.